The topological polar surface area (TPSA) is 65.9 Å². The number of rotatable bonds is 8. The van der Waals surface area contributed by atoms with Crippen molar-refractivity contribution >= 4 is 17.3 Å². The fraction of sp³-hybridized carbons (Fsp3) is 0.421. The van der Waals surface area contributed by atoms with Gasteiger partial charge in [0.2, 0.25) is 0 Å². The van der Waals surface area contributed by atoms with Crippen LogP contribution in [0.3, 0.4) is 0 Å². The van der Waals surface area contributed by atoms with E-state index in [2.05, 4.69) is 21.7 Å². The van der Waals surface area contributed by atoms with E-state index in [9.17, 15) is 5.11 Å². The lowest BCUT2D eigenvalue weighted by atomic mass is 10.1. The Labute approximate surface area is 153 Å². The number of nitrogens with zero attached hydrogens (tertiary/aromatic N) is 1. The third kappa shape index (κ3) is 6.76. The number of benzene rings is 1. The van der Waals surface area contributed by atoms with E-state index >= 15 is 0 Å². The van der Waals surface area contributed by atoms with Crippen LogP contribution < -0.4 is 15.4 Å². The third-order valence-electron chi connectivity index (χ3n) is 3.39. The van der Waals surface area contributed by atoms with Gasteiger partial charge < -0.3 is 20.5 Å². The first-order valence-corrected chi connectivity index (χ1v) is 9.45. The molecule has 136 valence electrons. The molecule has 0 aliphatic rings. The van der Waals surface area contributed by atoms with Gasteiger partial charge in [-0.3, -0.25) is 0 Å². The number of hydrogen-bond acceptors (Lipinski definition) is 4. The molecule has 2 rings (SSSR count). The quantitative estimate of drug-likeness (QED) is 0.498. The van der Waals surface area contributed by atoms with Crippen molar-refractivity contribution in [1.29, 1.82) is 0 Å². The van der Waals surface area contributed by atoms with E-state index in [-0.39, 0.29) is 6.10 Å². The molecule has 1 aromatic heterocycles. The number of aliphatic imine (C=N–C) groups is 1. The number of hydrogen-bond donors (Lipinski definition) is 3. The van der Waals surface area contributed by atoms with E-state index in [0.29, 0.717) is 19.0 Å². The number of ether oxygens (including phenoxy) is 1. The van der Waals surface area contributed by atoms with E-state index in [1.165, 1.54) is 4.88 Å². The van der Waals surface area contributed by atoms with Gasteiger partial charge in [0.15, 0.2) is 5.96 Å². The van der Waals surface area contributed by atoms with Crippen molar-refractivity contribution in [3.05, 3.63) is 52.2 Å². The van der Waals surface area contributed by atoms with E-state index in [4.69, 9.17) is 4.74 Å². The molecule has 0 aliphatic carbocycles. The van der Waals surface area contributed by atoms with Crippen LogP contribution in [0.15, 0.2) is 46.8 Å². The summed E-state index contributed by atoms with van der Waals surface area (Å²) < 4.78 is 5.68. The second-order valence-corrected chi connectivity index (χ2v) is 6.94. The standard InChI is InChI=1S/C19H27N3O2S/c1-4-20-19(21-12-17-9-6-10-25-17)22-13-18(23)15-7-5-8-16(11-15)24-14(2)3/h5-11,14,18,23H,4,12-13H2,1-3H3,(H2,20,21,22). The van der Waals surface area contributed by atoms with E-state index < -0.39 is 6.10 Å². The van der Waals surface area contributed by atoms with Gasteiger partial charge in [-0.15, -0.1) is 11.3 Å². The molecule has 0 fully saturated rings. The van der Waals surface area contributed by atoms with Gasteiger partial charge in [0.25, 0.3) is 0 Å². The molecule has 6 heteroatoms. The van der Waals surface area contributed by atoms with E-state index in [1.54, 1.807) is 11.3 Å². The summed E-state index contributed by atoms with van der Waals surface area (Å²) in [6.45, 7) is 7.76. The lowest BCUT2D eigenvalue weighted by Crippen LogP contribution is -2.39. The molecule has 0 aliphatic heterocycles. The molecule has 0 amide bonds. The van der Waals surface area contributed by atoms with Crippen LogP contribution in [0.5, 0.6) is 5.75 Å². The molecular formula is C19H27N3O2S. The number of guanidine groups is 1. The zero-order valence-electron chi connectivity index (χ0n) is 15.0. The minimum absolute atomic E-state index is 0.107. The second kappa shape index (κ2) is 10.1. The summed E-state index contributed by atoms with van der Waals surface area (Å²) in [6.07, 6.45) is -0.531. The van der Waals surface area contributed by atoms with Gasteiger partial charge in [0, 0.05) is 18.0 Å². The molecule has 2 aromatic rings. The van der Waals surface area contributed by atoms with Crippen LogP contribution in [0.2, 0.25) is 0 Å². The first-order valence-electron chi connectivity index (χ1n) is 8.57. The molecule has 25 heavy (non-hydrogen) atoms. The lowest BCUT2D eigenvalue weighted by molar-refractivity contribution is 0.179. The Morgan fingerprint density at radius 2 is 2.08 bits per heavy atom. The van der Waals surface area contributed by atoms with Crippen molar-refractivity contribution < 1.29 is 9.84 Å². The van der Waals surface area contributed by atoms with Crippen LogP contribution in [0, 0.1) is 0 Å². The summed E-state index contributed by atoms with van der Waals surface area (Å²) in [5.41, 5.74) is 0.819. The van der Waals surface area contributed by atoms with Gasteiger partial charge in [-0.25, -0.2) is 4.99 Å². The van der Waals surface area contributed by atoms with Gasteiger partial charge in [0.05, 0.1) is 18.8 Å². The SMILES string of the molecule is CCNC(=NCc1cccs1)NCC(O)c1cccc(OC(C)C)c1. The smallest absolute Gasteiger partial charge is 0.191 e. The number of aliphatic hydroxyl groups is 1. The highest BCUT2D eigenvalue weighted by Crippen LogP contribution is 2.20. The molecular weight excluding hydrogens is 334 g/mol. The predicted molar refractivity (Wildman–Crippen MR) is 104 cm³/mol. The molecule has 0 saturated carbocycles. The van der Waals surface area contributed by atoms with Crippen molar-refractivity contribution in [2.45, 2.75) is 39.5 Å². The molecule has 0 bridgehead atoms. The minimum atomic E-state index is -0.638. The van der Waals surface area contributed by atoms with Gasteiger partial charge in [-0.2, -0.15) is 0 Å². The average molecular weight is 362 g/mol. The van der Waals surface area contributed by atoms with Crippen LogP contribution in [0.25, 0.3) is 0 Å². The van der Waals surface area contributed by atoms with Crippen molar-refractivity contribution in [3.8, 4) is 5.75 Å². The Bertz CT molecular complexity index is 656. The van der Waals surface area contributed by atoms with E-state index in [1.807, 2.05) is 56.5 Å². The largest absolute Gasteiger partial charge is 0.491 e. The summed E-state index contributed by atoms with van der Waals surface area (Å²) in [5.74, 6) is 1.47. The summed E-state index contributed by atoms with van der Waals surface area (Å²) in [4.78, 5) is 5.75. The van der Waals surface area contributed by atoms with Crippen molar-refractivity contribution in [2.24, 2.45) is 4.99 Å². The molecule has 1 atom stereocenters. The fourth-order valence-electron chi connectivity index (χ4n) is 2.28. The van der Waals surface area contributed by atoms with Gasteiger partial charge >= 0.3 is 0 Å². The average Bonchev–Trinajstić information content (AvgIpc) is 3.10. The Kier molecular flexibility index (Phi) is 7.76. The maximum Gasteiger partial charge on any atom is 0.191 e. The summed E-state index contributed by atoms with van der Waals surface area (Å²) >= 11 is 1.68. The summed E-state index contributed by atoms with van der Waals surface area (Å²) in [7, 11) is 0. The van der Waals surface area contributed by atoms with Crippen LogP contribution in [0.1, 0.15) is 37.3 Å². The highest BCUT2D eigenvalue weighted by atomic mass is 32.1. The molecule has 3 N–H and O–H groups in total. The van der Waals surface area contributed by atoms with Gasteiger partial charge in [-0.05, 0) is 49.9 Å². The van der Waals surface area contributed by atoms with Crippen molar-refractivity contribution in [1.82, 2.24) is 10.6 Å². The molecule has 0 radical (unpaired) electrons. The van der Waals surface area contributed by atoms with Gasteiger partial charge in [-0.1, -0.05) is 18.2 Å². The lowest BCUT2D eigenvalue weighted by Gasteiger charge is -2.17. The normalized spacial score (nSPS) is 12.9. The first kappa shape index (κ1) is 19.3. The minimum Gasteiger partial charge on any atom is -0.491 e. The highest BCUT2D eigenvalue weighted by Gasteiger charge is 2.10. The Morgan fingerprint density at radius 3 is 2.76 bits per heavy atom. The number of thiophene rings is 1. The fourth-order valence-corrected chi connectivity index (χ4v) is 2.91. The first-order chi connectivity index (χ1) is 12.1. The molecule has 1 unspecified atom stereocenters. The Hall–Kier alpha value is -2.05. The summed E-state index contributed by atoms with van der Waals surface area (Å²) in [6, 6.07) is 11.7. The molecule has 0 saturated heterocycles. The number of nitrogens with one attached hydrogen (secondary N) is 2. The number of aliphatic hydroxyl groups excluding tert-OH is 1. The van der Waals surface area contributed by atoms with E-state index in [0.717, 1.165) is 17.9 Å². The summed E-state index contributed by atoms with van der Waals surface area (Å²) in [5, 5.41) is 18.9. The maximum atomic E-state index is 10.4. The van der Waals surface area contributed by atoms with Gasteiger partial charge in [0.1, 0.15) is 5.75 Å². The zero-order chi connectivity index (χ0) is 18.1. The second-order valence-electron chi connectivity index (χ2n) is 5.91. The third-order valence-corrected chi connectivity index (χ3v) is 4.26. The molecule has 1 heterocycles. The Morgan fingerprint density at radius 1 is 1.24 bits per heavy atom. The van der Waals surface area contributed by atoms with Crippen LogP contribution >= 0.6 is 11.3 Å². The zero-order valence-corrected chi connectivity index (χ0v) is 15.8. The predicted octanol–water partition coefficient (Wildman–Crippen LogP) is 3.32. The highest BCUT2D eigenvalue weighted by molar-refractivity contribution is 7.09. The molecule has 1 aromatic carbocycles. The van der Waals surface area contributed by atoms with Crippen LogP contribution in [0.4, 0.5) is 0 Å². The maximum absolute atomic E-state index is 10.4. The van der Waals surface area contributed by atoms with Crippen molar-refractivity contribution in [3.63, 3.8) is 0 Å². The van der Waals surface area contributed by atoms with Crippen molar-refractivity contribution in [2.75, 3.05) is 13.1 Å². The van der Waals surface area contributed by atoms with Crippen LogP contribution in [-0.2, 0) is 6.54 Å². The Balaban J connectivity index is 1.93. The van der Waals surface area contributed by atoms with Crippen LogP contribution in [-0.4, -0.2) is 30.3 Å². The monoisotopic (exact) mass is 361 g/mol. The molecule has 0 spiro atoms. The molecule has 5 nitrogen and oxygen atoms in total.